The maximum absolute atomic E-state index is 12.1. The van der Waals surface area contributed by atoms with Crippen molar-refractivity contribution in [2.75, 3.05) is 17.7 Å². The molecule has 2 aromatic rings. The Kier molecular flexibility index (Phi) is 4.93. The lowest BCUT2D eigenvalue weighted by molar-refractivity contribution is -0.111. The van der Waals surface area contributed by atoms with Crippen molar-refractivity contribution in [3.63, 3.8) is 0 Å². The van der Waals surface area contributed by atoms with Gasteiger partial charge >= 0.3 is 0 Å². The molecule has 5 nitrogen and oxygen atoms in total. The first-order valence-corrected chi connectivity index (χ1v) is 6.61. The van der Waals surface area contributed by atoms with E-state index in [0.29, 0.717) is 16.9 Å². The van der Waals surface area contributed by atoms with Gasteiger partial charge in [-0.05, 0) is 54.6 Å². The van der Waals surface area contributed by atoms with E-state index in [4.69, 9.17) is 4.74 Å². The lowest BCUT2D eigenvalue weighted by atomic mass is 10.2. The summed E-state index contributed by atoms with van der Waals surface area (Å²) in [7, 11) is 1.58. The highest BCUT2D eigenvalue weighted by Gasteiger charge is 2.06. The van der Waals surface area contributed by atoms with Crippen LogP contribution in [0.5, 0.6) is 5.75 Å². The molecule has 2 rings (SSSR count). The number of carbonyl (C=O) groups is 2. The first kappa shape index (κ1) is 15.3. The number of ether oxygens (including phenoxy) is 1. The summed E-state index contributed by atoms with van der Waals surface area (Å²) in [6.07, 6.45) is 1.18. The van der Waals surface area contributed by atoms with Crippen molar-refractivity contribution in [1.82, 2.24) is 0 Å². The summed E-state index contributed by atoms with van der Waals surface area (Å²) in [6, 6.07) is 13.6. The van der Waals surface area contributed by atoms with Crippen LogP contribution in [-0.4, -0.2) is 18.9 Å². The number of amides is 2. The molecule has 0 bridgehead atoms. The van der Waals surface area contributed by atoms with Crippen LogP contribution in [-0.2, 0) is 4.79 Å². The van der Waals surface area contributed by atoms with Crippen LogP contribution in [0.25, 0.3) is 0 Å². The zero-order valence-electron chi connectivity index (χ0n) is 12.1. The summed E-state index contributed by atoms with van der Waals surface area (Å²) in [5, 5.41) is 5.40. The minimum absolute atomic E-state index is 0.230. The molecule has 0 aliphatic rings. The number of carbonyl (C=O) groups excluding carboxylic acids is 2. The summed E-state index contributed by atoms with van der Waals surface area (Å²) in [6.45, 7) is 3.38. The molecule has 0 aliphatic carbocycles. The predicted octanol–water partition coefficient (Wildman–Crippen LogP) is 3.07. The summed E-state index contributed by atoms with van der Waals surface area (Å²) >= 11 is 0. The monoisotopic (exact) mass is 296 g/mol. The Morgan fingerprint density at radius 2 is 1.50 bits per heavy atom. The van der Waals surface area contributed by atoms with E-state index < -0.39 is 0 Å². The molecule has 0 aliphatic heterocycles. The van der Waals surface area contributed by atoms with E-state index in [0.717, 1.165) is 5.75 Å². The molecule has 22 heavy (non-hydrogen) atoms. The van der Waals surface area contributed by atoms with Gasteiger partial charge in [0.25, 0.3) is 5.91 Å². The molecule has 0 atom stereocenters. The average molecular weight is 296 g/mol. The van der Waals surface area contributed by atoms with Crippen LogP contribution in [0.1, 0.15) is 10.4 Å². The van der Waals surface area contributed by atoms with Gasteiger partial charge in [-0.25, -0.2) is 0 Å². The zero-order valence-corrected chi connectivity index (χ0v) is 12.1. The van der Waals surface area contributed by atoms with E-state index in [2.05, 4.69) is 17.2 Å². The van der Waals surface area contributed by atoms with Gasteiger partial charge < -0.3 is 15.4 Å². The molecule has 2 amide bonds. The van der Waals surface area contributed by atoms with Crippen LogP contribution in [0.15, 0.2) is 61.2 Å². The van der Waals surface area contributed by atoms with Gasteiger partial charge in [0.15, 0.2) is 0 Å². The van der Waals surface area contributed by atoms with Crippen molar-refractivity contribution in [1.29, 1.82) is 0 Å². The highest BCUT2D eigenvalue weighted by atomic mass is 16.5. The van der Waals surface area contributed by atoms with E-state index in [9.17, 15) is 9.59 Å². The van der Waals surface area contributed by atoms with Crippen molar-refractivity contribution in [3.8, 4) is 5.75 Å². The second kappa shape index (κ2) is 7.08. The molecule has 0 heterocycles. The molecule has 112 valence electrons. The third-order valence-corrected chi connectivity index (χ3v) is 2.95. The fourth-order valence-corrected chi connectivity index (χ4v) is 1.78. The van der Waals surface area contributed by atoms with Crippen LogP contribution in [0.4, 0.5) is 11.4 Å². The molecule has 0 saturated carbocycles. The van der Waals surface area contributed by atoms with Crippen LogP contribution in [0.2, 0.25) is 0 Å². The number of benzene rings is 2. The van der Waals surface area contributed by atoms with Crippen LogP contribution in [0, 0.1) is 0 Å². The van der Waals surface area contributed by atoms with Gasteiger partial charge in [-0.1, -0.05) is 6.58 Å². The van der Waals surface area contributed by atoms with Crippen molar-refractivity contribution in [3.05, 3.63) is 66.7 Å². The molecule has 5 heteroatoms. The van der Waals surface area contributed by atoms with Crippen LogP contribution in [0.3, 0.4) is 0 Å². The Balaban J connectivity index is 2.02. The summed E-state index contributed by atoms with van der Waals surface area (Å²) in [5.74, 6) is 0.197. The molecule has 0 aromatic heterocycles. The number of hydrogen-bond acceptors (Lipinski definition) is 3. The smallest absolute Gasteiger partial charge is 0.255 e. The fraction of sp³-hybridized carbons (Fsp3) is 0.0588. The molecule has 2 N–H and O–H groups in total. The van der Waals surface area contributed by atoms with E-state index in [1.807, 2.05) is 0 Å². The van der Waals surface area contributed by atoms with Gasteiger partial charge in [-0.3, -0.25) is 9.59 Å². The predicted molar refractivity (Wildman–Crippen MR) is 86.2 cm³/mol. The largest absolute Gasteiger partial charge is 0.497 e. The summed E-state index contributed by atoms with van der Waals surface area (Å²) in [4.78, 5) is 23.3. The average Bonchev–Trinajstić information content (AvgIpc) is 2.56. The quantitative estimate of drug-likeness (QED) is 0.833. The van der Waals surface area contributed by atoms with E-state index >= 15 is 0 Å². The molecule has 0 unspecified atom stereocenters. The van der Waals surface area contributed by atoms with E-state index in [1.54, 1.807) is 55.6 Å². The second-order valence-corrected chi connectivity index (χ2v) is 4.45. The SMILES string of the molecule is C=CC(=O)Nc1ccc(C(=O)Nc2ccc(OC)cc2)cc1. The van der Waals surface area contributed by atoms with Crippen LogP contribution >= 0.6 is 0 Å². The zero-order chi connectivity index (χ0) is 15.9. The highest BCUT2D eigenvalue weighted by molar-refractivity contribution is 6.05. The van der Waals surface area contributed by atoms with Crippen molar-refractivity contribution >= 4 is 23.2 Å². The standard InChI is InChI=1S/C17H16N2O3/c1-3-16(20)18-13-6-4-12(5-7-13)17(21)19-14-8-10-15(22-2)11-9-14/h3-11H,1H2,2H3,(H,18,20)(H,19,21). The summed E-state index contributed by atoms with van der Waals surface area (Å²) < 4.78 is 5.06. The Morgan fingerprint density at radius 3 is 2.05 bits per heavy atom. The highest BCUT2D eigenvalue weighted by Crippen LogP contribution is 2.16. The third kappa shape index (κ3) is 3.96. The first-order valence-electron chi connectivity index (χ1n) is 6.61. The Bertz CT molecular complexity index is 676. The normalized spacial score (nSPS) is 9.68. The van der Waals surface area contributed by atoms with Gasteiger partial charge in [-0.2, -0.15) is 0 Å². The van der Waals surface area contributed by atoms with Crippen molar-refractivity contribution in [2.24, 2.45) is 0 Å². The van der Waals surface area contributed by atoms with Crippen molar-refractivity contribution in [2.45, 2.75) is 0 Å². The summed E-state index contributed by atoms with van der Waals surface area (Å²) in [5.41, 5.74) is 1.77. The molecule has 2 aromatic carbocycles. The number of hydrogen-bond donors (Lipinski definition) is 2. The van der Waals surface area contributed by atoms with Gasteiger partial charge in [-0.15, -0.1) is 0 Å². The fourth-order valence-electron chi connectivity index (χ4n) is 1.78. The first-order chi connectivity index (χ1) is 10.6. The molecule has 0 fully saturated rings. The van der Waals surface area contributed by atoms with E-state index in [-0.39, 0.29) is 11.8 Å². The minimum Gasteiger partial charge on any atom is -0.497 e. The lowest BCUT2D eigenvalue weighted by Crippen LogP contribution is -2.12. The van der Waals surface area contributed by atoms with Gasteiger partial charge in [0.2, 0.25) is 5.91 Å². The molecule has 0 radical (unpaired) electrons. The Hall–Kier alpha value is -3.08. The van der Waals surface area contributed by atoms with Crippen LogP contribution < -0.4 is 15.4 Å². The minimum atomic E-state index is -0.296. The number of anilines is 2. The maximum atomic E-state index is 12.1. The molecule has 0 spiro atoms. The van der Waals surface area contributed by atoms with Gasteiger partial charge in [0.1, 0.15) is 5.75 Å². The van der Waals surface area contributed by atoms with Crippen molar-refractivity contribution < 1.29 is 14.3 Å². The third-order valence-electron chi connectivity index (χ3n) is 2.95. The topological polar surface area (TPSA) is 67.4 Å². The van der Waals surface area contributed by atoms with E-state index in [1.165, 1.54) is 6.08 Å². The molecular weight excluding hydrogens is 280 g/mol. The maximum Gasteiger partial charge on any atom is 0.255 e. The number of methoxy groups -OCH3 is 1. The Labute approximate surface area is 128 Å². The number of rotatable bonds is 5. The van der Waals surface area contributed by atoms with Gasteiger partial charge in [0.05, 0.1) is 7.11 Å². The molecular formula is C17H16N2O3. The second-order valence-electron chi connectivity index (χ2n) is 4.45. The number of nitrogens with one attached hydrogen (secondary N) is 2. The van der Waals surface area contributed by atoms with Gasteiger partial charge in [0, 0.05) is 16.9 Å². The Morgan fingerprint density at radius 1 is 0.955 bits per heavy atom. The lowest BCUT2D eigenvalue weighted by Gasteiger charge is -2.07. The molecule has 0 saturated heterocycles.